The van der Waals surface area contributed by atoms with Gasteiger partial charge < -0.3 is 25.0 Å². The van der Waals surface area contributed by atoms with E-state index in [-0.39, 0.29) is 23.8 Å². The molecule has 0 aromatic heterocycles. The highest BCUT2D eigenvalue weighted by molar-refractivity contribution is 5.96. The number of carbonyl (C=O) groups excluding carboxylic acids is 2. The minimum absolute atomic E-state index is 0.0396. The van der Waals surface area contributed by atoms with Crippen molar-refractivity contribution in [1.82, 2.24) is 0 Å². The van der Waals surface area contributed by atoms with E-state index >= 15 is 0 Å². The van der Waals surface area contributed by atoms with Crippen molar-refractivity contribution in [2.75, 3.05) is 38.4 Å². The quantitative estimate of drug-likeness (QED) is 0.414. The lowest BCUT2D eigenvalue weighted by Crippen LogP contribution is -3.14. The number of anilines is 2. The van der Waals surface area contributed by atoms with E-state index in [9.17, 15) is 19.7 Å². The lowest BCUT2D eigenvalue weighted by molar-refractivity contribution is -0.885. The summed E-state index contributed by atoms with van der Waals surface area (Å²) < 4.78 is 10.3. The number of methoxy groups -OCH3 is 2. The average Bonchev–Trinajstić information content (AvgIpc) is 2.72. The van der Waals surface area contributed by atoms with E-state index in [0.717, 1.165) is 0 Å². The summed E-state index contributed by atoms with van der Waals surface area (Å²) in [6.45, 7) is 1.70. The molecule has 0 spiro atoms. The third-order valence-electron chi connectivity index (χ3n) is 4.58. The molecule has 0 heterocycles. The molecule has 2 atom stereocenters. The first-order valence-corrected chi connectivity index (χ1v) is 9.14. The fraction of sp³-hybridized carbons (Fsp3) is 0.300. The SMILES string of the molecule is COc1cccc(NC(=O)C[NH+](C)[C@@H](C)C(=O)Nc2cc([N+](=O)[O-])ccc2OC)c1. The monoisotopic (exact) mass is 417 g/mol. The number of nitrogens with one attached hydrogen (secondary N) is 3. The predicted molar refractivity (Wildman–Crippen MR) is 111 cm³/mol. The maximum atomic E-state index is 12.6. The van der Waals surface area contributed by atoms with E-state index in [4.69, 9.17) is 9.47 Å². The van der Waals surface area contributed by atoms with E-state index in [2.05, 4.69) is 10.6 Å². The van der Waals surface area contributed by atoms with Gasteiger partial charge in [-0.1, -0.05) is 6.07 Å². The summed E-state index contributed by atoms with van der Waals surface area (Å²) in [6, 6.07) is 10.3. The Bertz CT molecular complexity index is 933. The Morgan fingerprint density at radius 3 is 2.50 bits per heavy atom. The number of benzene rings is 2. The predicted octanol–water partition coefficient (Wildman–Crippen LogP) is 1.09. The van der Waals surface area contributed by atoms with Gasteiger partial charge in [-0.15, -0.1) is 0 Å². The lowest BCUT2D eigenvalue weighted by atomic mass is 10.2. The number of nitro benzene ring substituents is 1. The Hall–Kier alpha value is -3.66. The number of likely N-dealkylation sites (N-methyl/N-ethyl adjacent to an activating group) is 1. The number of non-ortho nitro benzene ring substituents is 1. The maximum Gasteiger partial charge on any atom is 0.282 e. The number of hydrogen-bond acceptors (Lipinski definition) is 6. The van der Waals surface area contributed by atoms with E-state index in [0.29, 0.717) is 22.1 Å². The summed E-state index contributed by atoms with van der Waals surface area (Å²) in [5.74, 6) is 0.246. The van der Waals surface area contributed by atoms with E-state index in [1.54, 1.807) is 38.2 Å². The molecule has 10 heteroatoms. The second-order valence-electron chi connectivity index (χ2n) is 6.66. The summed E-state index contributed by atoms with van der Waals surface area (Å²) >= 11 is 0. The fourth-order valence-corrected chi connectivity index (χ4v) is 2.68. The molecule has 0 aliphatic heterocycles. The number of carbonyl (C=O) groups is 2. The van der Waals surface area contributed by atoms with Crippen molar-refractivity contribution in [3.05, 3.63) is 52.6 Å². The van der Waals surface area contributed by atoms with Crippen LogP contribution in [0.3, 0.4) is 0 Å². The number of ether oxygens (including phenoxy) is 2. The Morgan fingerprint density at radius 2 is 1.87 bits per heavy atom. The van der Waals surface area contributed by atoms with Gasteiger partial charge in [0.25, 0.3) is 17.5 Å². The van der Waals surface area contributed by atoms with Crippen LogP contribution >= 0.6 is 0 Å². The fourth-order valence-electron chi connectivity index (χ4n) is 2.68. The molecule has 2 rings (SSSR count). The highest BCUT2D eigenvalue weighted by atomic mass is 16.6. The van der Waals surface area contributed by atoms with Crippen LogP contribution in [0.4, 0.5) is 17.1 Å². The molecular weight excluding hydrogens is 392 g/mol. The zero-order chi connectivity index (χ0) is 22.3. The third-order valence-corrected chi connectivity index (χ3v) is 4.58. The van der Waals surface area contributed by atoms with Crippen LogP contribution in [0, 0.1) is 10.1 Å². The van der Waals surface area contributed by atoms with E-state index < -0.39 is 16.9 Å². The van der Waals surface area contributed by atoms with Crippen LogP contribution in [-0.4, -0.2) is 50.6 Å². The molecule has 0 radical (unpaired) electrons. The van der Waals surface area contributed by atoms with Gasteiger partial charge in [0.05, 0.1) is 31.9 Å². The molecule has 30 heavy (non-hydrogen) atoms. The summed E-state index contributed by atoms with van der Waals surface area (Å²) in [7, 11) is 4.65. The molecule has 0 fully saturated rings. The van der Waals surface area contributed by atoms with Gasteiger partial charge in [0.2, 0.25) is 0 Å². The number of amides is 2. The molecule has 1 unspecified atom stereocenters. The number of rotatable bonds is 9. The van der Waals surface area contributed by atoms with E-state index in [1.807, 2.05) is 0 Å². The van der Waals surface area contributed by atoms with Crippen LogP contribution in [0.25, 0.3) is 0 Å². The number of nitrogens with zero attached hydrogens (tertiary/aromatic N) is 1. The zero-order valence-electron chi connectivity index (χ0n) is 17.2. The Labute approximate surface area is 173 Å². The first-order valence-electron chi connectivity index (χ1n) is 9.14. The zero-order valence-corrected chi connectivity index (χ0v) is 17.2. The molecule has 0 aliphatic carbocycles. The first kappa shape index (κ1) is 22.6. The maximum absolute atomic E-state index is 12.6. The third kappa shape index (κ3) is 5.92. The van der Waals surface area contributed by atoms with Crippen molar-refractivity contribution in [1.29, 1.82) is 0 Å². The molecule has 0 saturated carbocycles. The summed E-state index contributed by atoms with van der Waals surface area (Å²) in [5.41, 5.74) is 0.611. The van der Waals surface area contributed by atoms with Crippen molar-refractivity contribution in [2.24, 2.45) is 0 Å². The summed E-state index contributed by atoms with van der Waals surface area (Å²) in [5, 5.41) is 16.4. The largest absolute Gasteiger partial charge is 0.497 e. The highest BCUT2D eigenvalue weighted by Crippen LogP contribution is 2.28. The standard InChI is InChI=1S/C20H24N4O6/c1-13(20(26)22-17-11-15(24(27)28)8-9-18(17)30-4)23(2)12-19(25)21-14-6-5-7-16(10-14)29-3/h5-11,13H,12H2,1-4H3,(H,21,25)(H,22,26)/p+1/t13-/m0/s1. The van der Waals surface area contributed by atoms with Crippen molar-refractivity contribution in [3.63, 3.8) is 0 Å². The number of quaternary nitrogens is 1. The van der Waals surface area contributed by atoms with Crippen LogP contribution in [0.15, 0.2) is 42.5 Å². The molecule has 0 aliphatic rings. The normalized spacial score (nSPS) is 12.4. The average molecular weight is 417 g/mol. The minimum Gasteiger partial charge on any atom is -0.497 e. The van der Waals surface area contributed by atoms with Crippen molar-refractivity contribution >= 4 is 28.9 Å². The Kier molecular flexibility index (Phi) is 7.70. The number of nitro groups is 1. The van der Waals surface area contributed by atoms with Crippen molar-refractivity contribution < 1.29 is 28.9 Å². The van der Waals surface area contributed by atoms with Gasteiger partial charge in [0, 0.05) is 23.9 Å². The minimum atomic E-state index is -0.606. The lowest BCUT2D eigenvalue weighted by Gasteiger charge is -2.21. The second-order valence-corrected chi connectivity index (χ2v) is 6.66. The van der Waals surface area contributed by atoms with Gasteiger partial charge in [-0.2, -0.15) is 0 Å². The first-order chi connectivity index (χ1) is 14.2. The van der Waals surface area contributed by atoms with Crippen LogP contribution in [-0.2, 0) is 9.59 Å². The number of hydrogen-bond donors (Lipinski definition) is 3. The molecule has 2 aromatic carbocycles. The highest BCUT2D eigenvalue weighted by Gasteiger charge is 2.25. The van der Waals surface area contributed by atoms with Crippen molar-refractivity contribution in [3.8, 4) is 11.5 Å². The van der Waals surface area contributed by atoms with Gasteiger partial charge in [-0.3, -0.25) is 19.7 Å². The summed E-state index contributed by atoms with van der Waals surface area (Å²) in [4.78, 5) is 36.0. The Morgan fingerprint density at radius 1 is 1.13 bits per heavy atom. The molecule has 10 nitrogen and oxygen atoms in total. The Balaban J connectivity index is 2.00. The van der Waals surface area contributed by atoms with Gasteiger partial charge >= 0.3 is 0 Å². The van der Waals surface area contributed by atoms with Gasteiger partial charge in [-0.25, -0.2) is 0 Å². The summed E-state index contributed by atoms with van der Waals surface area (Å²) in [6.07, 6.45) is 0. The molecule has 0 saturated heterocycles. The topological polar surface area (TPSA) is 124 Å². The van der Waals surface area contributed by atoms with Crippen LogP contribution in [0.5, 0.6) is 11.5 Å². The van der Waals surface area contributed by atoms with Gasteiger partial charge in [-0.05, 0) is 25.1 Å². The van der Waals surface area contributed by atoms with E-state index in [1.165, 1.54) is 32.4 Å². The molecule has 160 valence electrons. The molecule has 2 amide bonds. The molecule has 3 N–H and O–H groups in total. The van der Waals surface area contributed by atoms with Crippen LogP contribution in [0.2, 0.25) is 0 Å². The molecular formula is C20H25N4O6+. The van der Waals surface area contributed by atoms with Gasteiger partial charge in [0.15, 0.2) is 12.6 Å². The van der Waals surface area contributed by atoms with Crippen LogP contribution in [0.1, 0.15) is 6.92 Å². The van der Waals surface area contributed by atoms with Gasteiger partial charge in [0.1, 0.15) is 11.5 Å². The second kappa shape index (κ2) is 10.2. The van der Waals surface area contributed by atoms with Crippen molar-refractivity contribution in [2.45, 2.75) is 13.0 Å². The van der Waals surface area contributed by atoms with Crippen LogP contribution < -0.4 is 25.0 Å². The molecule has 2 aromatic rings. The smallest absolute Gasteiger partial charge is 0.282 e. The molecule has 0 bridgehead atoms.